The van der Waals surface area contributed by atoms with E-state index in [1.807, 2.05) is 12.2 Å². The van der Waals surface area contributed by atoms with Crippen LogP contribution in [0.5, 0.6) is 0 Å². The molecule has 9 nitrogen and oxygen atoms in total. The molecule has 0 unspecified atom stereocenters. The summed E-state index contributed by atoms with van der Waals surface area (Å²) < 4.78 is 5.38. The van der Waals surface area contributed by atoms with Gasteiger partial charge in [-0.2, -0.15) is 0 Å². The Morgan fingerprint density at radius 1 is 0.385 bits per heavy atom. The number of allylic oxidation sites excluding steroid dienone is 18. The van der Waals surface area contributed by atoms with Gasteiger partial charge in [0.2, 0.25) is 0 Å². The molecule has 0 radical (unpaired) electrons. The number of Topliss-reactive ketones (excluding diaryl/α,β-unsaturated/α-hetero) is 4. The van der Waals surface area contributed by atoms with Gasteiger partial charge >= 0.3 is 11.9 Å². The van der Waals surface area contributed by atoms with Crippen LogP contribution in [-0.4, -0.2) is 58.5 Å². The predicted octanol–water partition coefficient (Wildman–Crippen LogP) is 18.7. The molecule has 0 heterocycles. The Labute approximate surface area is 475 Å². The molecule has 0 aromatic heterocycles. The first-order chi connectivity index (χ1) is 36.5. The number of aliphatic hydroxyl groups is 1. The van der Waals surface area contributed by atoms with Crippen LogP contribution in [0.3, 0.4) is 0 Å². The minimum Gasteiger partial charge on any atom is -0.481 e. The van der Waals surface area contributed by atoms with Crippen molar-refractivity contribution in [2.45, 2.75) is 271 Å². The fourth-order valence-electron chi connectivity index (χ4n) is 9.01. The minimum absolute atomic E-state index is 0. The first kappa shape index (κ1) is 75.1. The molecule has 0 saturated carbocycles. The molecule has 0 aromatic carbocycles. The van der Waals surface area contributed by atoms with Gasteiger partial charge in [-0.25, -0.2) is 0 Å². The molecule has 9 heteroatoms. The predicted molar refractivity (Wildman–Crippen MR) is 329 cm³/mol. The van der Waals surface area contributed by atoms with E-state index in [9.17, 15) is 28.8 Å². The quantitative estimate of drug-likeness (QED) is 0.0273. The van der Waals surface area contributed by atoms with Crippen LogP contribution >= 0.6 is 0 Å². The second-order valence-corrected chi connectivity index (χ2v) is 22.2. The molecule has 0 atom stereocenters. The van der Waals surface area contributed by atoms with E-state index in [-0.39, 0.29) is 49.6 Å². The molecule has 0 aromatic rings. The van der Waals surface area contributed by atoms with Gasteiger partial charge in [-0.3, -0.25) is 28.8 Å². The molecule has 0 spiro atoms. The van der Waals surface area contributed by atoms with Gasteiger partial charge in [0.1, 0.15) is 6.61 Å². The summed E-state index contributed by atoms with van der Waals surface area (Å²) in [5, 5.41) is 17.3. The van der Waals surface area contributed by atoms with Gasteiger partial charge in [0, 0.05) is 57.4 Å². The number of carboxylic acids is 1. The van der Waals surface area contributed by atoms with Crippen LogP contribution in [0, 0.1) is 0 Å². The van der Waals surface area contributed by atoms with E-state index in [0.29, 0.717) is 70.5 Å². The lowest BCUT2D eigenvalue weighted by Crippen LogP contribution is -2.20. The summed E-state index contributed by atoms with van der Waals surface area (Å²) in [5.41, 5.74) is 13.2. The zero-order chi connectivity index (χ0) is 58.3. The molecule has 2 aliphatic rings. The van der Waals surface area contributed by atoms with Crippen LogP contribution in [0.2, 0.25) is 0 Å². The zero-order valence-electron chi connectivity index (χ0n) is 51.0. The van der Waals surface area contributed by atoms with Crippen LogP contribution in [0.15, 0.2) is 114 Å². The van der Waals surface area contributed by atoms with Gasteiger partial charge in [-0.1, -0.05) is 135 Å². The Hall–Kier alpha value is -5.02. The third kappa shape index (κ3) is 34.8. The van der Waals surface area contributed by atoms with Crippen LogP contribution in [0.25, 0.3) is 0 Å². The number of ether oxygens (including phenoxy) is 1. The number of aliphatic hydroxyl groups excluding tert-OH is 1. The van der Waals surface area contributed by atoms with E-state index < -0.39 is 5.97 Å². The summed E-state index contributed by atoms with van der Waals surface area (Å²) in [6, 6.07) is 0. The van der Waals surface area contributed by atoms with Crippen molar-refractivity contribution in [3.05, 3.63) is 114 Å². The van der Waals surface area contributed by atoms with Crippen molar-refractivity contribution < 1.29 is 43.7 Å². The number of rotatable bonds is 35. The Kier molecular flexibility index (Phi) is 43.1. The normalized spacial score (nSPS) is 14.5. The molecular weight excluding hydrogens is 973 g/mol. The van der Waals surface area contributed by atoms with Gasteiger partial charge in [-0.05, 0) is 193 Å². The zero-order valence-corrected chi connectivity index (χ0v) is 51.0. The Bertz CT molecular complexity index is 2230. The van der Waals surface area contributed by atoms with Crippen LogP contribution in [0.4, 0.5) is 0 Å². The number of carbonyl (C=O) groups is 6. The Morgan fingerprint density at radius 2 is 0.692 bits per heavy atom. The lowest BCUT2D eigenvalue weighted by molar-refractivity contribution is -0.142. The fraction of sp³-hybridized carbons (Fsp3) is 0.623. The average molecular weight is 1080 g/mol. The standard InChI is InChI=1S/C34H52O4.C19H28O4.C15H26O.CH4/c1-25(2)17-15-18-26(3)19-16-20-27(4)23-24-38-32(35)22-14-12-10-8-9-11-13-21-31-30(7)33(36)28(5)29(6)34(31)37;1-13-14(2)19(23)16(15(3)18(13)22)11-9-7-5-4-6-8-10-12-17(20)21;1-13(2)7-5-8-14(3)9-6-10-15(4)11-12-16;/h17,19,23H,8-16,18,20-22,24H2,1-7H3;4-12H2,1-3H3,(H,20,21);7,9,11,16H,5-6,8,10,12H2,1-4H3;1H4/b26-19+,27-23+;;14-9+,15-11+;. The first-order valence-electron chi connectivity index (χ1n) is 29.3. The van der Waals surface area contributed by atoms with Crippen molar-refractivity contribution in [2.75, 3.05) is 13.2 Å². The highest BCUT2D eigenvalue weighted by molar-refractivity contribution is 6.25. The molecule has 78 heavy (non-hydrogen) atoms. The third-order valence-electron chi connectivity index (χ3n) is 14.6. The smallest absolute Gasteiger partial charge is 0.306 e. The number of aliphatic carboxylic acids is 1. The van der Waals surface area contributed by atoms with Crippen molar-refractivity contribution in [3.8, 4) is 0 Å². The summed E-state index contributed by atoms with van der Waals surface area (Å²) >= 11 is 0. The number of hydrogen-bond acceptors (Lipinski definition) is 8. The van der Waals surface area contributed by atoms with E-state index in [1.54, 1.807) is 41.5 Å². The van der Waals surface area contributed by atoms with Crippen molar-refractivity contribution in [3.63, 3.8) is 0 Å². The summed E-state index contributed by atoms with van der Waals surface area (Å²) in [7, 11) is 0. The second-order valence-electron chi connectivity index (χ2n) is 22.2. The fourth-order valence-corrected chi connectivity index (χ4v) is 9.01. The summed E-state index contributed by atoms with van der Waals surface area (Å²) in [6.45, 7) is 28.1. The summed E-state index contributed by atoms with van der Waals surface area (Å²) in [4.78, 5) is 71.4. The van der Waals surface area contributed by atoms with Gasteiger partial charge in [-0.15, -0.1) is 0 Å². The summed E-state index contributed by atoms with van der Waals surface area (Å²) in [5.74, 6) is -0.723. The van der Waals surface area contributed by atoms with Crippen molar-refractivity contribution in [1.82, 2.24) is 0 Å². The molecule has 0 bridgehead atoms. The van der Waals surface area contributed by atoms with E-state index in [1.165, 1.54) is 33.4 Å². The van der Waals surface area contributed by atoms with Gasteiger partial charge in [0.25, 0.3) is 0 Å². The maximum absolute atomic E-state index is 12.5. The second kappa shape index (κ2) is 44.8. The molecule has 0 saturated heterocycles. The lowest BCUT2D eigenvalue weighted by atomic mass is 9.84. The van der Waals surface area contributed by atoms with Crippen LogP contribution in [-0.2, 0) is 33.5 Å². The number of carboxylic acid groups (broad SMARTS) is 1. The number of esters is 1. The largest absolute Gasteiger partial charge is 0.481 e. The lowest BCUT2D eigenvalue weighted by Gasteiger charge is -2.18. The first-order valence-corrected chi connectivity index (χ1v) is 29.3. The number of carbonyl (C=O) groups excluding carboxylic acids is 5. The molecule has 2 aliphatic carbocycles. The van der Waals surface area contributed by atoms with Gasteiger partial charge in [0.15, 0.2) is 23.1 Å². The van der Waals surface area contributed by atoms with Gasteiger partial charge in [0.05, 0.1) is 6.61 Å². The molecule has 0 fully saturated rings. The highest BCUT2D eigenvalue weighted by Crippen LogP contribution is 2.29. The topological polar surface area (TPSA) is 152 Å². The van der Waals surface area contributed by atoms with Crippen LogP contribution < -0.4 is 0 Å². The van der Waals surface area contributed by atoms with E-state index >= 15 is 0 Å². The number of hydrogen-bond donors (Lipinski definition) is 2. The average Bonchev–Trinajstić information content (AvgIpc) is 3.37. The van der Waals surface area contributed by atoms with Crippen molar-refractivity contribution in [2.24, 2.45) is 0 Å². The monoisotopic (exact) mass is 1080 g/mol. The SMILES string of the molecule is C.CC(C)=CCC/C(C)=C/CC/C(C)=C/CO.CC(C)=CCC/C(C)=C/CC/C(C)=C/COC(=O)CCCCCCCCCC1=C(C)C(=O)C(C)=C(C)C1=O.CC1=C(C)C(=O)C(CCCCCCCCCC(=O)O)=C(C)C1=O. The summed E-state index contributed by atoms with van der Waals surface area (Å²) in [6.07, 6.45) is 38.1. The highest BCUT2D eigenvalue weighted by atomic mass is 16.5. The maximum atomic E-state index is 12.5. The Balaban J connectivity index is 0. The van der Waals surface area contributed by atoms with Crippen molar-refractivity contribution in [1.29, 1.82) is 0 Å². The maximum Gasteiger partial charge on any atom is 0.306 e. The van der Waals surface area contributed by atoms with E-state index in [4.69, 9.17) is 14.9 Å². The van der Waals surface area contributed by atoms with Crippen molar-refractivity contribution >= 4 is 35.1 Å². The minimum atomic E-state index is -0.722. The molecule has 2 N–H and O–H groups in total. The van der Waals surface area contributed by atoms with E-state index in [2.05, 4.69) is 79.7 Å². The molecule has 0 aliphatic heterocycles. The van der Waals surface area contributed by atoms with Crippen LogP contribution in [0.1, 0.15) is 271 Å². The number of unbranched alkanes of at least 4 members (excludes halogenated alkanes) is 12. The highest BCUT2D eigenvalue weighted by Gasteiger charge is 2.28. The Morgan fingerprint density at radius 3 is 1.05 bits per heavy atom. The molecule has 0 amide bonds. The molecule has 440 valence electrons. The van der Waals surface area contributed by atoms with Gasteiger partial charge < -0.3 is 14.9 Å². The third-order valence-corrected chi connectivity index (χ3v) is 14.6. The molecular formula is C69H110O9. The molecule has 2 rings (SSSR count). The number of ketones is 4. The van der Waals surface area contributed by atoms with E-state index in [0.717, 1.165) is 141 Å².